The van der Waals surface area contributed by atoms with Gasteiger partial charge >= 0.3 is 0 Å². The second-order valence-electron chi connectivity index (χ2n) is 3.97. The third-order valence-electron chi connectivity index (χ3n) is 2.81. The van der Waals surface area contributed by atoms with E-state index in [2.05, 4.69) is 29.2 Å². The van der Waals surface area contributed by atoms with E-state index < -0.39 is 0 Å². The van der Waals surface area contributed by atoms with E-state index in [-0.39, 0.29) is 6.04 Å². The zero-order chi connectivity index (χ0) is 12.3. The minimum absolute atomic E-state index is 0.315. The molecule has 17 heavy (non-hydrogen) atoms. The van der Waals surface area contributed by atoms with E-state index in [9.17, 15) is 0 Å². The average Bonchev–Trinajstić information content (AvgIpc) is 2.87. The molecule has 0 saturated heterocycles. The van der Waals surface area contributed by atoms with Gasteiger partial charge in [0.15, 0.2) is 5.82 Å². The van der Waals surface area contributed by atoms with E-state index in [1.807, 2.05) is 19.1 Å². The minimum Gasteiger partial charge on any atom is -0.339 e. The van der Waals surface area contributed by atoms with Gasteiger partial charge in [0.25, 0.3) is 0 Å². The number of hydrogen-bond donors (Lipinski definition) is 1. The summed E-state index contributed by atoms with van der Waals surface area (Å²) in [6.07, 6.45) is 1.76. The summed E-state index contributed by atoms with van der Waals surface area (Å²) in [7, 11) is 0. The molecule has 0 aliphatic carbocycles. The topological polar surface area (TPSA) is 64.9 Å². The van der Waals surface area contributed by atoms with Crippen molar-refractivity contribution in [3.8, 4) is 0 Å². The largest absolute Gasteiger partial charge is 0.339 e. The fourth-order valence-corrected chi connectivity index (χ4v) is 1.65. The first-order valence-corrected chi connectivity index (χ1v) is 5.91. The normalized spacial score (nSPS) is 12.6. The van der Waals surface area contributed by atoms with Gasteiger partial charge in [0.1, 0.15) is 0 Å². The number of benzene rings is 1. The van der Waals surface area contributed by atoms with Gasteiger partial charge in [-0.25, -0.2) is 0 Å². The fourth-order valence-electron chi connectivity index (χ4n) is 1.65. The van der Waals surface area contributed by atoms with Crippen molar-refractivity contribution in [2.75, 3.05) is 0 Å². The van der Waals surface area contributed by atoms with Gasteiger partial charge < -0.3 is 10.3 Å². The summed E-state index contributed by atoms with van der Waals surface area (Å²) in [5.41, 5.74) is 8.39. The van der Waals surface area contributed by atoms with Gasteiger partial charge in [-0.05, 0) is 17.5 Å². The summed E-state index contributed by atoms with van der Waals surface area (Å²) in [6.45, 7) is 4.10. The number of aryl methyl sites for hydroxylation is 2. The van der Waals surface area contributed by atoms with E-state index in [4.69, 9.17) is 10.3 Å². The van der Waals surface area contributed by atoms with Crippen LogP contribution in [0, 0.1) is 0 Å². The standard InChI is InChI=1S/C13H17N3O/c1-3-9-5-7-10(8-6-9)12(14)13-15-11(4-2)17-16-13/h5-8,12H,3-4,14H2,1-2H3. The van der Waals surface area contributed by atoms with Gasteiger partial charge in [0.2, 0.25) is 5.89 Å². The summed E-state index contributed by atoms with van der Waals surface area (Å²) in [6, 6.07) is 7.88. The second-order valence-corrected chi connectivity index (χ2v) is 3.97. The lowest BCUT2D eigenvalue weighted by Gasteiger charge is -2.07. The van der Waals surface area contributed by atoms with Crippen molar-refractivity contribution in [3.63, 3.8) is 0 Å². The quantitative estimate of drug-likeness (QED) is 0.876. The average molecular weight is 231 g/mol. The SMILES string of the molecule is CCc1ccc(C(N)c2noc(CC)n2)cc1. The smallest absolute Gasteiger partial charge is 0.226 e. The Hall–Kier alpha value is -1.68. The van der Waals surface area contributed by atoms with Gasteiger partial charge in [0.05, 0.1) is 6.04 Å². The van der Waals surface area contributed by atoms with Crippen molar-refractivity contribution in [1.29, 1.82) is 0 Å². The first-order chi connectivity index (χ1) is 8.24. The van der Waals surface area contributed by atoms with Crippen molar-refractivity contribution in [3.05, 3.63) is 47.1 Å². The van der Waals surface area contributed by atoms with E-state index in [0.29, 0.717) is 11.7 Å². The first-order valence-electron chi connectivity index (χ1n) is 5.91. The van der Waals surface area contributed by atoms with E-state index in [1.165, 1.54) is 5.56 Å². The van der Waals surface area contributed by atoms with Gasteiger partial charge in [0, 0.05) is 6.42 Å². The lowest BCUT2D eigenvalue weighted by atomic mass is 10.0. The molecule has 1 heterocycles. The lowest BCUT2D eigenvalue weighted by Crippen LogP contribution is -2.13. The molecule has 1 aromatic heterocycles. The van der Waals surface area contributed by atoms with Crippen molar-refractivity contribution >= 4 is 0 Å². The molecule has 2 rings (SSSR count). The van der Waals surface area contributed by atoms with Crippen LogP contribution in [-0.4, -0.2) is 10.1 Å². The highest BCUT2D eigenvalue weighted by Gasteiger charge is 2.15. The Kier molecular flexibility index (Phi) is 3.54. The van der Waals surface area contributed by atoms with Crippen LogP contribution in [0.3, 0.4) is 0 Å². The molecule has 2 N–H and O–H groups in total. The highest BCUT2D eigenvalue weighted by atomic mass is 16.5. The second kappa shape index (κ2) is 5.10. The van der Waals surface area contributed by atoms with Crippen LogP contribution in [-0.2, 0) is 12.8 Å². The van der Waals surface area contributed by atoms with Gasteiger partial charge in [-0.1, -0.05) is 43.3 Å². The molecule has 0 radical (unpaired) electrons. The van der Waals surface area contributed by atoms with Crippen LogP contribution < -0.4 is 5.73 Å². The summed E-state index contributed by atoms with van der Waals surface area (Å²) >= 11 is 0. The summed E-state index contributed by atoms with van der Waals surface area (Å²) in [5.74, 6) is 1.17. The van der Waals surface area contributed by atoms with Crippen LogP contribution in [0.2, 0.25) is 0 Å². The van der Waals surface area contributed by atoms with Crippen LogP contribution in [0.5, 0.6) is 0 Å². The number of nitrogens with zero attached hydrogens (tertiary/aromatic N) is 2. The maximum absolute atomic E-state index is 6.09. The third-order valence-corrected chi connectivity index (χ3v) is 2.81. The molecule has 0 fully saturated rings. The molecule has 0 bridgehead atoms. The Balaban J connectivity index is 2.20. The number of nitrogens with two attached hydrogens (primary N) is 1. The van der Waals surface area contributed by atoms with Crippen molar-refractivity contribution in [2.45, 2.75) is 32.7 Å². The molecule has 0 aliphatic heterocycles. The molecule has 4 heteroatoms. The monoisotopic (exact) mass is 231 g/mol. The number of aromatic nitrogens is 2. The van der Waals surface area contributed by atoms with E-state index >= 15 is 0 Å². The summed E-state index contributed by atoms with van der Waals surface area (Å²) < 4.78 is 5.06. The Bertz CT molecular complexity index is 476. The molecule has 0 amide bonds. The minimum atomic E-state index is -0.315. The molecule has 0 spiro atoms. The number of rotatable bonds is 4. The molecular weight excluding hydrogens is 214 g/mol. The number of hydrogen-bond acceptors (Lipinski definition) is 4. The first kappa shape index (κ1) is 11.8. The third kappa shape index (κ3) is 2.53. The molecule has 1 aromatic carbocycles. The Labute approximate surface area is 101 Å². The molecular formula is C13H17N3O. The Morgan fingerprint density at radius 3 is 2.41 bits per heavy atom. The van der Waals surface area contributed by atoms with E-state index in [0.717, 1.165) is 18.4 Å². The zero-order valence-corrected chi connectivity index (χ0v) is 10.2. The van der Waals surface area contributed by atoms with Crippen LogP contribution >= 0.6 is 0 Å². The zero-order valence-electron chi connectivity index (χ0n) is 10.2. The van der Waals surface area contributed by atoms with Crippen molar-refractivity contribution in [1.82, 2.24) is 10.1 Å². The molecule has 0 saturated carbocycles. The van der Waals surface area contributed by atoms with Gasteiger partial charge in [-0.15, -0.1) is 0 Å². The molecule has 4 nitrogen and oxygen atoms in total. The van der Waals surface area contributed by atoms with Gasteiger partial charge in [-0.2, -0.15) is 4.98 Å². The predicted molar refractivity (Wildman–Crippen MR) is 65.5 cm³/mol. The maximum Gasteiger partial charge on any atom is 0.226 e. The van der Waals surface area contributed by atoms with Crippen LogP contribution in [0.15, 0.2) is 28.8 Å². The highest BCUT2D eigenvalue weighted by Crippen LogP contribution is 2.17. The Morgan fingerprint density at radius 1 is 1.18 bits per heavy atom. The van der Waals surface area contributed by atoms with Crippen molar-refractivity contribution < 1.29 is 4.52 Å². The van der Waals surface area contributed by atoms with Crippen LogP contribution in [0.1, 0.15) is 42.7 Å². The highest BCUT2D eigenvalue weighted by molar-refractivity contribution is 5.28. The van der Waals surface area contributed by atoms with Gasteiger partial charge in [-0.3, -0.25) is 0 Å². The Morgan fingerprint density at radius 2 is 1.88 bits per heavy atom. The molecule has 1 atom stereocenters. The summed E-state index contributed by atoms with van der Waals surface area (Å²) in [4.78, 5) is 4.24. The lowest BCUT2D eigenvalue weighted by molar-refractivity contribution is 0.375. The maximum atomic E-state index is 6.09. The van der Waals surface area contributed by atoms with Crippen molar-refractivity contribution in [2.24, 2.45) is 5.73 Å². The predicted octanol–water partition coefficient (Wildman–Crippen LogP) is 2.24. The summed E-state index contributed by atoms with van der Waals surface area (Å²) in [5, 5.41) is 3.89. The molecule has 0 aliphatic rings. The molecule has 1 unspecified atom stereocenters. The fraction of sp³-hybridized carbons (Fsp3) is 0.385. The van der Waals surface area contributed by atoms with E-state index in [1.54, 1.807) is 0 Å². The molecule has 2 aromatic rings. The molecule has 90 valence electrons. The van der Waals surface area contributed by atoms with Crippen LogP contribution in [0.4, 0.5) is 0 Å². The van der Waals surface area contributed by atoms with Crippen LogP contribution in [0.25, 0.3) is 0 Å².